The summed E-state index contributed by atoms with van der Waals surface area (Å²) in [5.74, 6) is -0.669. The van der Waals surface area contributed by atoms with Crippen LogP contribution in [0.15, 0.2) is 59.5 Å². The zero-order valence-electron chi connectivity index (χ0n) is 17.1. The van der Waals surface area contributed by atoms with Crippen LogP contribution in [0.4, 0.5) is 5.13 Å². The van der Waals surface area contributed by atoms with Gasteiger partial charge in [0.2, 0.25) is 15.9 Å². The van der Waals surface area contributed by atoms with E-state index in [1.165, 1.54) is 23.5 Å². The minimum Gasteiger partial charge on any atom is -0.355 e. The van der Waals surface area contributed by atoms with E-state index in [1.54, 1.807) is 36.4 Å². The van der Waals surface area contributed by atoms with Gasteiger partial charge in [-0.2, -0.15) is 0 Å². The summed E-state index contributed by atoms with van der Waals surface area (Å²) in [6.45, 7) is 0.418. The second-order valence-electron chi connectivity index (χ2n) is 7.47. The molecule has 2 amide bonds. The zero-order valence-corrected chi connectivity index (χ0v) is 18.7. The normalized spacial score (nSPS) is 15.2. The lowest BCUT2D eigenvalue weighted by molar-refractivity contribution is -0.122. The number of sulfonamides is 1. The zero-order chi connectivity index (χ0) is 22.7. The van der Waals surface area contributed by atoms with Gasteiger partial charge in [-0.15, -0.1) is 11.3 Å². The molecule has 3 aromatic rings. The Morgan fingerprint density at radius 1 is 1.09 bits per heavy atom. The molecule has 4 N–H and O–H groups in total. The Bertz CT molecular complexity index is 1240. The quantitative estimate of drug-likeness (QED) is 0.488. The number of carbonyl (C=O) groups is 2. The lowest BCUT2D eigenvalue weighted by atomic mass is 10.1. The molecular weight excluding hydrogens is 448 g/mol. The maximum absolute atomic E-state index is 12.7. The minimum atomic E-state index is -3.72. The van der Waals surface area contributed by atoms with Gasteiger partial charge >= 0.3 is 0 Å². The number of anilines is 1. The summed E-state index contributed by atoms with van der Waals surface area (Å²) < 4.78 is 22.6. The van der Waals surface area contributed by atoms with Crippen LogP contribution < -0.4 is 15.8 Å². The van der Waals surface area contributed by atoms with Gasteiger partial charge in [0.25, 0.3) is 5.91 Å². The number of fused-ring (bicyclic) bond motifs is 1. The number of nitrogens with one attached hydrogen (secondary N) is 2. The average Bonchev–Trinajstić information content (AvgIpc) is 3.34. The number of carbonyl (C=O) groups excluding carboxylic acids is 2. The van der Waals surface area contributed by atoms with Crippen molar-refractivity contribution in [3.63, 3.8) is 0 Å². The summed E-state index contributed by atoms with van der Waals surface area (Å²) in [6, 6.07) is 15.2. The van der Waals surface area contributed by atoms with E-state index < -0.39 is 10.0 Å². The van der Waals surface area contributed by atoms with Crippen LogP contribution in [0, 0.1) is 0 Å². The molecule has 1 aromatic heterocycles. The molecule has 32 heavy (non-hydrogen) atoms. The number of primary sulfonamides is 1. The molecule has 0 fully saturated rings. The Morgan fingerprint density at radius 3 is 2.50 bits per heavy atom. The third kappa shape index (κ3) is 5.04. The number of amides is 2. The number of nitrogens with two attached hydrogens (primary N) is 1. The van der Waals surface area contributed by atoms with Crippen LogP contribution >= 0.6 is 11.3 Å². The standard InChI is InChI=1S/C22H22N4O4S2/c23-32(29,30)16-8-6-14(7-9-16)12-13-24-21(28)17-10-11-18-19(17)25-22(31-18)26-20(27)15-4-2-1-3-5-15/h1-9,17H,10-13H2,(H,24,28)(H2,23,29,30)(H,25,26,27). The molecule has 1 aliphatic carbocycles. The van der Waals surface area contributed by atoms with Crippen molar-refractivity contribution in [1.29, 1.82) is 0 Å². The van der Waals surface area contributed by atoms with E-state index in [1.807, 2.05) is 6.07 Å². The highest BCUT2D eigenvalue weighted by Gasteiger charge is 2.32. The van der Waals surface area contributed by atoms with Gasteiger partial charge in [-0.25, -0.2) is 18.5 Å². The molecule has 4 rings (SSSR count). The van der Waals surface area contributed by atoms with Gasteiger partial charge in [0, 0.05) is 17.0 Å². The molecule has 1 atom stereocenters. The number of benzene rings is 2. The number of aryl methyl sites for hydroxylation is 1. The minimum absolute atomic E-state index is 0.0578. The molecule has 1 unspecified atom stereocenters. The predicted octanol–water partition coefficient (Wildman–Crippen LogP) is 2.43. The van der Waals surface area contributed by atoms with Crippen molar-refractivity contribution in [2.24, 2.45) is 5.14 Å². The van der Waals surface area contributed by atoms with Crippen LogP contribution in [0.25, 0.3) is 0 Å². The first kappa shape index (κ1) is 22.1. The first-order chi connectivity index (χ1) is 15.3. The molecule has 10 heteroatoms. The van der Waals surface area contributed by atoms with Crippen molar-refractivity contribution in [3.8, 4) is 0 Å². The van der Waals surface area contributed by atoms with E-state index in [0.717, 1.165) is 22.6 Å². The summed E-state index contributed by atoms with van der Waals surface area (Å²) in [4.78, 5) is 30.6. The monoisotopic (exact) mass is 470 g/mol. The molecule has 0 radical (unpaired) electrons. The Balaban J connectivity index is 1.33. The van der Waals surface area contributed by atoms with Gasteiger partial charge in [0.05, 0.1) is 16.5 Å². The Hall–Kier alpha value is -3.08. The van der Waals surface area contributed by atoms with Crippen LogP contribution in [-0.2, 0) is 27.7 Å². The van der Waals surface area contributed by atoms with Gasteiger partial charge in [-0.1, -0.05) is 30.3 Å². The van der Waals surface area contributed by atoms with E-state index in [-0.39, 0.29) is 22.6 Å². The average molecular weight is 471 g/mol. The number of rotatable bonds is 7. The van der Waals surface area contributed by atoms with Crippen molar-refractivity contribution in [3.05, 3.63) is 76.3 Å². The highest BCUT2D eigenvalue weighted by atomic mass is 32.2. The number of hydrogen-bond donors (Lipinski definition) is 3. The molecule has 1 aliphatic rings. The molecule has 0 saturated carbocycles. The molecule has 0 aliphatic heterocycles. The smallest absolute Gasteiger partial charge is 0.257 e. The van der Waals surface area contributed by atoms with E-state index in [4.69, 9.17) is 5.14 Å². The van der Waals surface area contributed by atoms with Gasteiger partial charge in [-0.05, 0) is 49.1 Å². The summed E-state index contributed by atoms with van der Waals surface area (Å²) in [5.41, 5.74) is 2.17. The summed E-state index contributed by atoms with van der Waals surface area (Å²) in [5, 5.41) is 11.3. The SMILES string of the molecule is NS(=O)(=O)c1ccc(CCNC(=O)C2CCc3sc(NC(=O)c4ccccc4)nc32)cc1. The number of thiazole rings is 1. The fourth-order valence-electron chi connectivity index (χ4n) is 3.59. The summed E-state index contributed by atoms with van der Waals surface area (Å²) in [7, 11) is -3.72. The predicted molar refractivity (Wildman–Crippen MR) is 122 cm³/mol. The van der Waals surface area contributed by atoms with Crippen molar-refractivity contribution >= 4 is 38.3 Å². The van der Waals surface area contributed by atoms with Gasteiger partial charge in [0.15, 0.2) is 5.13 Å². The van der Waals surface area contributed by atoms with Crippen LogP contribution in [0.5, 0.6) is 0 Å². The third-order valence-corrected chi connectivity index (χ3v) is 7.23. The van der Waals surface area contributed by atoms with Crippen molar-refractivity contribution in [1.82, 2.24) is 10.3 Å². The van der Waals surface area contributed by atoms with Gasteiger partial charge in [0.1, 0.15) is 0 Å². The topological polar surface area (TPSA) is 131 Å². The highest BCUT2D eigenvalue weighted by Crippen LogP contribution is 2.38. The van der Waals surface area contributed by atoms with Gasteiger partial charge in [-0.3, -0.25) is 14.9 Å². The molecule has 0 bridgehead atoms. The first-order valence-corrected chi connectivity index (χ1v) is 12.4. The lowest BCUT2D eigenvalue weighted by Crippen LogP contribution is -2.30. The summed E-state index contributed by atoms with van der Waals surface area (Å²) in [6.07, 6.45) is 2.00. The van der Waals surface area contributed by atoms with Crippen molar-refractivity contribution < 1.29 is 18.0 Å². The van der Waals surface area contributed by atoms with E-state index in [0.29, 0.717) is 30.1 Å². The molecule has 0 spiro atoms. The molecule has 0 saturated heterocycles. The van der Waals surface area contributed by atoms with E-state index >= 15 is 0 Å². The lowest BCUT2D eigenvalue weighted by Gasteiger charge is -2.11. The van der Waals surface area contributed by atoms with E-state index in [9.17, 15) is 18.0 Å². The van der Waals surface area contributed by atoms with Gasteiger partial charge < -0.3 is 5.32 Å². The second kappa shape index (κ2) is 9.19. The third-order valence-electron chi connectivity index (χ3n) is 5.26. The van der Waals surface area contributed by atoms with Crippen LogP contribution in [0.3, 0.4) is 0 Å². The van der Waals surface area contributed by atoms with Crippen molar-refractivity contribution in [2.45, 2.75) is 30.1 Å². The molecule has 8 nitrogen and oxygen atoms in total. The fourth-order valence-corrected chi connectivity index (χ4v) is 5.14. The Labute approximate surface area is 189 Å². The largest absolute Gasteiger partial charge is 0.355 e. The van der Waals surface area contributed by atoms with Crippen molar-refractivity contribution in [2.75, 3.05) is 11.9 Å². The molecule has 1 heterocycles. The van der Waals surface area contributed by atoms with Crippen LogP contribution in [0.1, 0.15) is 38.8 Å². The number of hydrogen-bond acceptors (Lipinski definition) is 6. The summed E-state index contributed by atoms with van der Waals surface area (Å²) >= 11 is 1.41. The molecule has 2 aromatic carbocycles. The Morgan fingerprint density at radius 2 is 1.81 bits per heavy atom. The highest BCUT2D eigenvalue weighted by molar-refractivity contribution is 7.89. The second-order valence-corrected chi connectivity index (χ2v) is 10.1. The van der Waals surface area contributed by atoms with Crippen LogP contribution in [-0.4, -0.2) is 31.8 Å². The fraction of sp³-hybridized carbons (Fsp3) is 0.227. The van der Waals surface area contributed by atoms with E-state index in [2.05, 4.69) is 15.6 Å². The maximum atomic E-state index is 12.7. The number of nitrogens with zero attached hydrogens (tertiary/aromatic N) is 1. The molecular formula is C22H22N4O4S2. The number of aromatic nitrogens is 1. The maximum Gasteiger partial charge on any atom is 0.257 e. The first-order valence-electron chi connectivity index (χ1n) is 10.1. The van der Waals surface area contributed by atoms with Crippen LogP contribution in [0.2, 0.25) is 0 Å². The Kier molecular flexibility index (Phi) is 6.35. The molecule has 166 valence electrons.